The molecule has 2 amide bonds. The minimum absolute atomic E-state index is 0.294. The third-order valence-electron chi connectivity index (χ3n) is 8.86. The molecular weight excluding hydrogens is 605 g/mol. The van der Waals surface area contributed by atoms with Crippen molar-refractivity contribution in [1.29, 1.82) is 0 Å². The summed E-state index contributed by atoms with van der Waals surface area (Å²) in [6.45, 7) is 4.13. The summed E-state index contributed by atoms with van der Waals surface area (Å²) in [6, 6.07) is 25.2. The van der Waals surface area contributed by atoms with Gasteiger partial charge in [-0.1, -0.05) is 24.3 Å². The highest BCUT2D eigenvalue weighted by Crippen LogP contribution is 2.27. The molecule has 7 rings (SSSR count). The number of hydrazone groups is 1. The average molecular weight is 642 g/mol. The third kappa shape index (κ3) is 7.24. The average Bonchev–Trinajstić information content (AvgIpc) is 3.11. The van der Waals surface area contributed by atoms with Gasteiger partial charge in [-0.15, -0.1) is 0 Å². The molecule has 0 bridgehead atoms. The zero-order valence-corrected chi connectivity index (χ0v) is 26.5. The second kappa shape index (κ2) is 14.1. The number of nitrogens with one attached hydrogen (secondary N) is 2. The van der Waals surface area contributed by atoms with Crippen molar-refractivity contribution < 1.29 is 14.0 Å². The molecule has 2 aromatic heterocycles. The minimum atomic E-state index is -0.478. The van der Waals surface area contributed by atoms with Crippen LogP contribution in [0.2, 0.25) is 0 Å². The monoisotopic (exact) mass is 641 g/mol. The number of halogens is 1. The van der Waals surface area contributed by atoms with Crippen molar-refractivity contribution in [2.75, 3.05) is 29.9 Å². The Morgan fingerprint density at radius 3 is 2.65 bits per heavy atom. The summed E-state index contributed by atoms with van der Waals surface area (Å²) < 4.78 is 13.6. The van der Waals surface area contributed by atoms with Crippen molar-refractivity contribution >= 4 is 40.4 Å². The van der Waals surface area contributed by atoms with Gasteiger partial charge in [0, 0.05) is 67.7 Å². The van der Waals surface area contributed by atoms with Crippen LogP contribution in [0.25, 0.3) is 11.0 Å². The fourth-order valence-corrected chi connectivity index (χ4v) is 6.41. The van der Waals surface area contributed by atoms with E-state index < -0.39 is 11.7 Å². The number of carbonyl (C=O) groups is 2. The molecule has 242 valence electrons. The molecular formula is C38H36FN7O2. The van der Waals surface area contributed by atoms with Crippen LogP contribution in [0.5, 0.6) is 0 Å². The van der Waals surface area contributed by atoms with Gasteiger partial charge in [-0.05, 0) is 96.6 Å². The van der Waals surface area contributed by atoms with Crippen LogP contribution in [-0.2, 0) is 19.5 Å². The van der Waals surface area contributed by atoms with Gasteiger partial charge in [0.05, 0.1) is 17.5 Å². The molecule has 4 heterocycles. The first kappa shape index (κ1) is 31.1. The van der Waals surface area contributed by atoms with E-state index in [9.17, 15) is 14.0 Å². The molecule has 2 N–H and O–H groups in total. The van der Waals surface area contributed by atoms with Gasteiger partial charge >= 0.3 is 0 Å². The standard InChI is InChI=1S/C38H36FN7O2/c39-31-11-5-7-26(20-31)23-41-44-38(48)33-22-32(46-16-2-1-3-17-46)12-13-35(33)43-37(47)29-9-4-8-27(19-29)24-45-18-14-34-30(25-45)21-28-10-6-15-40-36(28)42-34/h4-13,15,19-23H,1-3,14,16-18,24-25H2,(H,43,47)(H,44,48)/b41-23+. The smallest absolute Gasteiger partial charge is 0.273 e. The summed E-state index contributed by atoms with van der Waals surface area (Å²) in [5, 5.41) is 8.05. The van der Waals surface area contributed by atoms with E-state index in [-0.39, 0.29) is 5.91 Å². The van der Waals surface area contributed by atoms with Crippen molar-refractivity contribution in [1.82, 2.24) is 20.3 Å². The highest BCUT2D eigenvalue weighted by molar-refractivity contribution is 6.09. The van der Waals surface area contributed by atoms with E-state index in [1.54, 1.807) is 36.5 Å². The number of piperidine rings is 1. The van der Waals surface area contributed by atoms with E-state index >= 15 is 0 Å². The van der Waals surface area contributed by atoms with Gasteiger partial charge in [0.1, 0.15) is 5.82 Å². The molecule has 0 spiro atoms. The molecule has 48 heavy (non-hydrogen) atoms. The van der Waals surface area contributed by atoms with Crippen LogP contribution in [0.4, 0.5) is 15.8 Å². The van der Waals surface area contributed by atoms with E-state index in [1.807, 2.05) is 36.4 Å². The number of pyridine rings is 2. The van der Waals surface area contributed by atoms with Crippen molar-refractivity contribution in [3.63, 3.8) is 0 Å². The van der Waals surface area contributed by atoms with E-state index in [0.717, 1.165) is 73.4 Å². The number of carbonyl (C=O) groups excluding carboxylic acids is 2. The van der Waals surface area contributed by atoms with Crippen LogP contribution >= 0.6 is 0 Å². The van der Waals surface area contributed by atoms with Gasteiger partial charge in [-0.3, -0.25) is 14.5 Å². The first-order valence-electron chi connectivity index (χ1n) is 16.3. The molecule has 5 aromatic rings. The summed E-state index contributed by atoms with van der Waals surface area (Å²) in [5.74, 6) is -1.18. The Kier molecular flexibility index (Phi) is 9.15. The molecule has 2 aliphatic rings. The number of hydrogen-bond acceptors (Lipinski definition) is 7. The quantitative estimate of drug-likeness (QED) is 0.152. The third-order valence-corrected chi connectivity index (χ3v) is 8.86. The van der Waals surface area contributed by atoms with Crippen molar-refractivity contribution in [2.24, 2.45) is 5.10 Å². The van der Waals surface area contributed by atoms with Gasteiger partial charge in [0.25, 0.3) is 11.8 Å². The van der Waals surface area contributed by atoms with Gasteiger partial charge in [-0.25, -0.2) is 19.8 Å². The molecule has 0 unspecified atom stereocenters. The first-order valence-corrected chi connectivity index (χ1v) is 16.3. The van der Waals surface area contributed by atoms with Crippen LogP contribution in [0, 0.1) is 5.82 Å². The summed E-state index contributed by atoms with van der Waals surface area (Å²) >= 11 is 0. The Labute approximate surface area is 278 Å². The van der Waals surface area contributed by atoms with Gasteiger partial charge in [0.15, 0.2) is 5.65 Å². The lowest BCUT2D eigenvalue weighted by molar-refractivity contribution is 0.0956. The van der Waals surface area contributed by atoms with Gasteiger partial charge in [-0.2, -0.15) is 5.10 Å². The fourth-order valence-electron chi connectivity index (χ4n) is 6.41. The molecule has 10 heteroatoms. The maximum absolute atomic E-state index is 13.6. The Bertz CT molecular complexity index is 2010. The molecule has 0 saturated carbocycles. The SMILES string of the molecule is O=C(Nc1ccc(N2CCCCC2)cc1C(=O)N/N=C/c1cccc(F)c1)c1cccc(CN2CCc3nc4ncccc4cc3C2)c1. The zero-order chi connectivity index (χ0) is 32.9. The Morgan fingerprint density at radius 2 is 1.77 bits per heavy atom. The number of nitrogens with zero attached hydrogens (tertiary/aromatic N) is 5. The van der Waals surface area contributed by atoms with Crippen LogP contribution in [0.3, 0.4) is 0 Å². The minimum Gasteiger partial charge on any atom is -0.372 e. The number of fused-ring (bicyclic) bond motifs is 2. The van der Waals surface area contributed by atoms with E-state index in [4.69, 9.17) is 4.98 Å². The number of rotatable bonds is 8. The molecule has 1 fully saturated rings. The normalized spacial score (nSPS) is 15.0. The fraction of sp³-hybridized carbons (Fsp3) is 0.237. The molecule has 0 aliphatic carbocycles. The number of hydrogen-bond donors (Lipinski definition) is 2. The van der Waals surface area contributed by atoms with Gasteiger partial charge < -0.3 is 10.2 Å². The second-order valence-electron chi connectivity index (χ2n) is 12.3. The highest BCUT2D eigenvalue weighted by atomic mass is 19.1. The first-order chi connectivity index (χ1) is 23.5. The Hall–Kier alpha value is -5.48. The molecule has 1 saturated heterocycles. The van der Waals surface area contributed by atoms with Crippen molar-refractivity contribution in [2.45, 2.75) is 38.8 Å². The van der Waals surface area contributed by atoms with Crippen molar-refractivity contribution in [3.8, 4) is 0 Å². The van der Waals surface area contributed by atoms with Crippen molar-refractivity contribution in [3.05, 3.63) is 130 Å². The summed E-state index contributed by atoms with van der Waals surface area (Å²) in [4.78, 5) is 40.8. The zero-order valence-electron chi connectivity index (χ0n) is 26.5. The predicted molar refractivity (Wildman–Crippen MR) is 186 cm³/mol. The van der Waals surface area contributed by atoms with Crippen LogP contribution in [0.1, 0.15) is 62.4 Å². The van der Waals surface area contributed by atoms with E-state index in [0.29, 0.717) is 28.9 Å². The summed E-state index contributed by atoms with van der Waals surface area (Å²) in [5.41, 5.74) is 9.25. The highest BCUT2D eigenvalue weighted by Gasteiger charge is 2.21. The number of amides is 2. The summed E-state index contributed by atoms with van der Waals surface area (Å²) in [7, 11) is 0. The number of anilines is 2. The Balaban J connectivity index is 1.07. The number of benzene rings is 3. The molecule has 0 atom stereocenters. The molecule has 9 nitrogen and oxygen atoms in total. The lowest BCUT2D eigenvalue weighted by Crippen LogP contribution is -2.30. The lowest BCUT2D eigenvalue weighted by atomic mass is 10.0. The maximum Gasteiger partial charge on any atom is 0.273 e. The number of aromatic nitrogens is 2. The van der Waals surface area contributed by atoms with E-state index in [2.05, 4.69) is 36.7 Å². The molecule has 2 aliphatic heterocycles. The van der Waals surface area contributed by atoms with Crippen LogP contribution in [0.15, 0.2) is 96.2 Å². The molecule has 3 aromatic carbocycles. The largest absolute Gasteiger partial charge is 0.372 e. The Morgan fingerprint density at radius 1 is 0.896 bits per heavy atom. The van der Waals surface area contributed by atoms with E-state index in [1.165, 1.54) is 30.3 Å². The second-order valence-corrected chi connectivity index (χ2v) is 12.3. The maximum atomic E-state index is 13.6. The van der Waals surface area contributed by atoms with Crippen LogP contribution in [-0.4, -0.2) is 52.5 Å². The predicted octanol–water partition coefficient (Wildman–Crippen LogP) is 6.33. The van der Waals surface area contributed by atoms with Gasteiger partial charge in [0.2, 0.25) is 0 Å². The summed E-state index contributed by atoms with van der Waals surface area (Å²) in [6.07, 6.45) is 7.35. The lowest BCUT2D eigenvalue weighted by Gasteiger charge is -2.29. The van der Waals surface area contributed by atoms with Crippen LogP contribution < -0.4 is 15.6 Å². The topological polar surface area (TPSA) is 103 Å². The molecule has 0 radical (unpaired) electrons.